The third kappa shape index (κ3) is 8.88. The Morgan fingerprint density at radius 1 is 0.976 bits per heavy atom. The SMILES string of the molecule is CCC(C)C(NC(=O)C(N)CCCCN)C(=O)NC(Cc1c[nH]c2ccccc12)C(=O)NC(Cc1cnc[nH]1)C(=O)O. The highest BCUT2D eigenvalue weighted by Gasteiger charge is 2.33. The van der Waals surface area contributed by atoms with Crippen molar-refractivity contribution in [2.75, 3.05) is 6.54 Å². The number of hydrogen-bond donors (Lipinski definition) is 8. The number of aromatic amines is 2. The molecule has 10 N–H and O–H groups in total. The highest BCUT2D eigenvalue weighted by molar-refractivity contribution is 5.95. The molecule has 0 aliphatic rings. The number of nitrogens with two attached hydrogens (primary N) is 2. The van der Waals surface area contributed by atoms with E-state index in [9.17, 15) is 24.3 Å². The van der Waals surface area contributed by atoms with Crippen molar-refractivity contribution in [2.45, 2.75) is 76.5 Å². The molecule has 2 aromatic heterocycles. The molecule has 3 amide bonds. The molecule has 0 aliphatic heterocycles. The van der Waals surface area contributed by atoms with Gasteiger partial charge >= 0.3 is 5.97 Å². The predicted molar refractivity (Wildman–Crippen MR) is 158 cm³/mol. The van der Waals surface area contributed by atoms with Gasteiger partial charge in [-0.05, 0) is 36.9 Å². The quantitative estimate of drug-likeness (QED) is 0.106. The number of carbonyl (C=O) groups is 4. The number of rotatable bonds is 17. The van der Waals surface area contributed by atoms with Crippen LogP contribution in [0.15, 0.2) is 43.0 Å². The molecule has 5 unspecified atom stereocenters. The summed E-state index contributed by atoms with van der Waals surface area (Å²) in [5, 5.41) is 18.8. The number of carboxylic acid groups (broad SMARTS) is 1. The topological polar surface area (TPSA) is 221 Å². The summed E-state index contributed by atoms with van der Waals surface area (Å²) in [6.45, 7) is 4.21. The summed E-state index contributed by atoms with van der Waals surface area (Å²) in [6, 6.07) is 3.36. The van der Waals surface area contributed by atoms with Crippen molar-refractivity contribution in [1.82, 2.24) is 30.9 Å². The number of aliphatic carboxylic acids is 1. The number of amides is 3. The maximum Gasteiger partial charge on any atom is 0.326 e. The Morgan fingerprint density at radius 2 is 1.71 bits per heavy atom. The minimum absolute atomic E-state index is 0.0254. The maximum absolute atomic E-state index is 13.6. The number of carbonyl (C=O) groups excluding carboxylic acids is 3. The summed E-state index contributed by atoms with van der Waals surface area (Å²) < 4.78 is 0. The summed E-state index contributed by atoms with van der Waals surface area (Å²) in [6.07, 6.45) is 7.13. The van der Waals surface area contributed by atoms with Crippen molar-refractivity contribution >= 4 is 34.6 Å². The fraction of sp³-hybridized carbons (Fsp3) is 0.483. The number of nitrogens with one attached hydrogen (secondary N) is 5. The van der Waals surface area contributed by atoms with Gasteiger partial charge in [-0.15, -0.1) is 0 Å². The van der Waals surface area contributed by atoms with Gasteiger partial charge in [-0.25, -0.2) is 9.78 Å². The lowest BCUT2D eigenvalue weighted by Crippen LogP contribution is -2.59. The molecule has 0 radical (unpaired) electrons. The number of fused-ring (bicyclic) bond motifs is 1. The van der Waals surface area contributed by atoms with Crippen LogP contribution in [0.5, 0.6) is 0 Å². The first-order valence-corrected chi connectivity index (χ1v) is 14.3. The number of imidazole rings is 1. The molecule has 42 heavy (non-hydrogen) atoms. The van der Waals surface area contributed by atoms with E-state index in [2.05, 4.69) is 30.9 Å². The molecule has 0 saturated heterocycles. The third-order valence-corrected chi connectivity index (χ3v) is 7.42. The maximum atomic E-state index is 13.6. The van der Waals surface area contributed by atoms with Crippen molar-refractivity contribution < 1.29 is 24.3 Å². The smallest absolute Gasteiger partial charge is 0.326 e. The van der Waals surface area contributed by atoms with Crippen molar-refractivity contribution in [1.29, 1.82) is 0 Å². The Bertz CT molecular complexity index is 1320. The van der Waals surface area contributed by atoms with Crippen molar-refractivity contribution in [2.24, 2.45) is 17.4 Å². The van der Waals surface area contributed by atoms with Gasteiger partial charge in [0.15, 0.2) is 0 Å². The molecule has 5 atom stereocenters. The van der Waals surface area contributed by atoms with Gasteiger partial charge in [0.05, 0.1) is 12.4 Å². The number of carboxylic acids is 1. The normalized spacial score (nSPS) is 14.9. The van der Waals surface area contributed by atoms with Crippen LogP contribution in [0.4, 0.5) is 0 Å². The van der Waals surface area contributed by atoms with Crippen LogP contribution in [0.25, 0.3) is 10.9 Å². The number of H-pyrrole nitrogens is 2. The zero-order chi connectivity index (χ0) is 30.6. The fourth-order valence-corrected chi connectivity index (χ4v) is 4.68. The molecular formula is C29H42N8O5. The lowest BCUT2D eigenvalue weighted by molar-refractivity contribution is -0.142. The van der Waals surface area contributed by atoms with Crippen molar-refractivity contribution in [3.63, 3.8) is 0 Å². The number of aromatic nitrogens is 3. The zero-order valence-corrected chi connectivity index (χ0v) is 24.1. The van der Waals surface area contributed by atoms with Crippen LogP contribution in [0, 0.1) is 5.92 Å². The number of hydrogen-bond acceptors (Lipinski definition) is 7. The number of para-hydroxylation sites is 1. The van der Waals surface area contributed by atoms with Crippen molar-refractivity contribution in [3.8, 4) is 0 Å². The Labute approximate surface area is 244 Å². The Hall–Kier alpha value is -4.23. The first-order chi connectivity index (χ1) is 20.1. The molecular weight excluding hydrogens is 540 g/mol. The molecule has 1 aromatic carbocycles. The molecule has 0 bridgehead atoms. The predicted octanol–water partition coefficient (Wildman–Crippen LogP) is 0.718. The van der Waals surface area contributed by atoms with Gasteiger partial charge in [-0.3, -0.25) is 14.4 Å². The van der Waals surface area contributed by atoms with Gasteiger partial charge < -0.3 is 42.5 Å². The summed E-state index contributed by atoms with van der Waals surface area (Å²) in [4.78, 5) is 62.0. The molecule has 0 aliphatic carbocycles. The standard InChI is InChI=1S/C29H42N8O5/c1-3-17(2)25(37-26(38)21(31)9-6-7-11-30)28(40)35-23(12-18-14-33-22-10-5-4-8-20(18)22)27(39)36-24(29(41)42)13-19-15-32-16-34-19/h4-5,8,10,14-17,21,23-25,33H,3,6-7,9,11-13,30-31H2,1-2H3,(H,32,34)(H,35,40)(H,36,39)(H,37,38)(H,41,42). The van der Waals surface area contributed by atoms with Crippen molar-refractivity contribution in [3.05, 3.63) is 54.2 Å². The van der Waals surface area contributed by atoms with E-state index in [1.807, 2.05) is 38.1 Å². The average Bonchev–Trinajstić information content (AvgIpc) is 3.64. The van der Waals surface area contributed by atoms with Crippen LogP contribution in [0.1, 0.15) is 50.8 Å². The minimum atomic E-state index is -1.27. The first kappa shape index (κ1) is 32.3. The second-order valence-electron chi connectivity index (χ2n) is 10.6. The number of benzene rings is 1. The van der Waals surface area contributed by atoms with Crippen LogP contribution >= 0.6 is 0 Å². The summed E-state index contributed by atoms with van der Waals surface area (Å²) in [7, 11) is 0. The van der Waals surface area contributed by atoms with Gasteiger partial charge in [0, 0.05) is 41.8 Å². The van der Waals surface area contributed by atoms with Gasteiger partial charge in [-0.2, -0.15) is 0 Å². The Balaban J connectivity index is 1.83. The molecule has 3 aromatic rings. The number of nitrogens with zero attached hydrogens (tertiary/aromatic N) is 1. The van der Waals surface area contributed by atoms with Gasteiger partial charge in [0.25, 0.3) is 0 Å². The van der Waals surface area contributed by atoms with E-state index in [0.29, 0.717) is 31.5 Å². The molecule has 0 saturated carbocycles. The summed E-state index contributed by atoms with van der Waals surface area (Å²) in [5.74, 6) is -3.20. The van der Waals surface area contributed by atoms with E-state index in [-0.39, 0.29) is 18.8 Å². The molecule has 13 heteroatoms. The molecule has 228 valence electrons. The van der Waals surface area contributed by atoms with Crippen LogP contribution in [-0.2, 0) is 32.0 Å². The second-order valence-corrected chi connectivity index (χ2v) is 10.6. The second kappa shape index (κ2) is 15.7. The zero-order valence-electron chi connectivity index (χ0n) is 24.1. The lowest BCUT2D eigenvalue weighted by Gasteiger charge is -2.28. The van der Waals surface area contributed by atoms with E-state index < -0.39 is 47.9 Å². The first-order valence-electron chi connectivity index (χ1n) is 14.3. The van der Waals surface area contributed by atoms with E-state index in [1.165, 1.54) is 12.5 Å². The van der Waals surface area contributed by atoms with Crippen LogP contribution in [0.3, 0.4) is 0 Å². The molecule has 0 spiro atoms. The molecule has 13 nitrogen and oxygen atoms in total. The number of unbranched alkanes of at least 4 members (excludes halogenated alkanes) is 1. The van der Waals surface area contributed by atoms with Gasteiger partial charge in [0.1, 0.15) is 18.1 Å². The fourth-order valence-electron chi connectivity index (χ4n) is 4.68. The van der Waals surface area contributed by atoms with Crippen LogP contribution in [-0.4, -0.2) is 74.5 Å². The third-order valence-electron chi connectivity index (χ3n) is 7.42. The van der Waals surface area contributed by atoms with Crippen LogP contribution < -0.4 is 27.4 Å². The van der Waals surface area contributed by atoms with Crippen LogP contribution in [0.2, 0.25) is 0 Å². The Kier molecular flexibility index (Phi) is 12.1. The van der Waals surface area contributed by atoms with Gasteiger partial charge in [-0.1, -0.05) is 44.9 Å². The minimum Gasteiger partial charge on any atom is -0.480 e. The van der Waals surface area contributed by atoms with Gasteiger partial charge in [0.2, 0.25) is 17.7 Å². The van der Waals surface area contributed by atoms with E-state index >= 15 is 0 Å². The summed E-state index contributed by atoms with van der Waals surface area (Å²) >= 11 is 0. The van der Waals surface area contributed by atoms with E-state index in [1.54, 1.807) is 6.20 Å². The average molecular weight is 583 g/mol. The molecule has 0 fully saturated rings. The largest absolute Gasteiger partial charge is 0.480 e. The van der Waals surface area contributed by atoms with E-state index in [0.717, 1.165) is 22.9 Å². The summed E-state index contributed by atoms with van der Waals surface area (Å²) in [5.41, 5.74) is 13.7. The molecule has 3 rings (SSSR count). The lowest BCUT2D eigenvalue weighted by atomic mass is 9.96. The molecule has 2 heterocycles. The highest BCUT2D eigenvalue weighted by atomic mass is 16.4. The monoisotopic (exact) mass is 582 g/mol. The van der Waals surface area contributed by atoms with E-state index in [4.69, 9.17) is 11.5 Å². The Morgan fingerprint density at radius 3 is 2.38 bits per heavy atom. The highest BCUT2D eigenvalue weighted by Crippen LogP contribution is 2.20.